The molecule has 2 atom stereocenters. The van der Waals surface area contributed by atoms with Gasteiger partial charge in [-0.2, -0.15) is 0 Å². The average Bonchev–Trinajstić information content (AvgIpc) is 3.28. The number of carbonyl (C=O) groups excluding carboxylic acids is 2. The molecule has 1 aliphatic heterocycles. The second-order valence-corrected chi connectivity index (χ2v) is 7.87. The highest BCUT2D eigenvalue weighted by atomic mass is 32.1. The van der Waals surface area contributed by atoms with Crippen LogP contribution in [0.1, 0.15) is 20.3 Å². The van der Waals surface area contributed by atoms with Crippen LogP contribution in [-0.4, -0.2) is 36.1 Å². The number of rotatable bonds is 5. The number of nitrogens with zero attached hydrogens (tertiary/aromatic N) is 2. The molecule has 0 N–H and O–H groups in total. The number of anilines is 1. The maximum absolute atomic E-state index is 13.0. The lowest BCUT2D eigenvalue weighted by atomic mass is 10.1. The van der Waals surface area contributed by atoms with Crippen LogP contribution in [0, 0.1) is 0 Å². The van der Waals surface area contributed by atoms with Gasteiger partial charge in [-0.15, -0.1) is 11.3 Å². The predicted octanol–water partition coefficient (Wildman–Crippen LogP) is 4.54. The molecule has 0 spiro atoms. The largest absolute Gasteiger partial charge is 0.478 e. The first-order valence-corrected chi connectivity index (χ1v) is 10.6. The van der Waals surface area contributed by atoms with Gasteiger partial charge in [-0.3, -0.25) is 9.69 Å². The topological polar surface area (TPSA) is 68.7 Å². The Kier molecular flexibility index (Phi) is 5.55. The van der Waals surface area contributed by atoms with Gasteiger partial charge in [0.15, 0.2) is 6.10 Å². The van der Waals surface area contributed by atoms with Gasteiger partial charge in [-0.05, 0) is 31.5 Å². The maximum atomic E-state index is 13.0. The van der Waals surface area contributed by atoms with Crippen LogP contribution in [0.3, 0.4) is 0 Å². The van der Waals surface area contributed by atoms with Crippen LogP contribution in [0.25, 0.3) is 21.8 Å². The summed E-state index contributed by atoms with van der Waals surface area (Å²) >= 11 is 1.56. The Morgan fingerprint density at radius 1 is 1.23 bits per heavy atom. The van der Waals surface area contributed by atoms with Crippen molar-refractivity contribution < 1.29 is 19.1 Å². The zero-order valence-electron chi connectivity index (χ0n) is 17.0. The minimum atomic E-state index is -0.759. The van der Waals surface area contributed by atoms with Crippen molar-refractivity contribution in [1.82, 2.24) is 4.98 Å². The van der Waals surface area contributed by atoms with E-state index in [0.717, 1.165) is 21.8 Å². The van der Waals surface area contributed by atoms with Crippen molar-refractivity contribution >= 4 is 28.9 Å². The van der Waals surface area contributed by atoms with Gasteiger partial charge in [0.1, 0.15) is 16.8 Å². The van der Waals surface area contributed by atoms with Gasteiger partial charge in [-0.1, -0.05) is 37.3 Å². The number of fused-ring (bicyclic) bond motifs is 1. The third-order valence-corrected chi connectivity index (χ3v) is 6.01. The molecular formula is C23H22N2O4S. The van der Waals surface area contributed by atoms with E-state index in [2.05, 4.69) is 0 Å². The van der Waals surface area contributed by atoms with Crippen LogP contribution < -0.4 is 9.64 Å². The van der Waals surface area contributed by atoms with E-state index in [9.17, 15) is 9.59 Å². The molecule has 0 aliphatic carbocycles. The van der Waals surface area contributed by atoms with E-state index in [0.29, 0.717) is 17.9 Å². The second-order valence-electron chi connectivity index (χ2n) is 7.01. The van der Waals surface area contributed by atoms with Gasteiger partial charge >= 0.3 is 5.97 Å². The summed E-state index contributed by atoms with van der Waals surface area (Å²) < 4.78 is 10.8. The van der Waals surface area contributed by atoms with Crippen LogP contribution in [-0.2, 0) is 14.3 Å². The predicted molar refractivity (Wildman–Crippen MR) is 117 cm³/mol. The molecule has 1 amide bonds. The molecule has 2 unspecified atom stereocenters. The van der Waals surface area contributed by atoms with E-state index >= 15 is 0 Å². The minimum absolute atomic E-state index is 0.247. The van der Waals surface area contributed by atoms with Gasteiger partial charge in [0, 0.05) is 16.5 Å². The molecule has 0 saturated heterocycles. The first-order chi connectivity index (χ1) is 14.5. The van der Waals surface area contributed by atoms with Crippen LogP contribution in [0.4, 0.5) is 5.69 Å². The summed E-state index contributed by atoms with van der Waals surface area (Å²) in [4.78, 5) is 31.4. The summed E-state index contributed by atoms with van der Waals surface area (Å²) in [6.45, 7) is 3.54. The second kappa shape index (κ2) is 8.28. The summed E-state index contributed by atoms with van der Waals surface area (Å²) in [6.07, 6.45) is -0.115. The Balaban J connectivity index is 1.75. The van der Waals surface area contributed by atoms with E-state index < -0.39 is 18.1 Å². The van der Waals surface area contributed by atoms with Crippen molar-refractivity contribution in [3.63, 3.8) is 0 Å². The molecule has 3 aromatic rings. The standard InChI is InChI=1S/C23H22N2O4S/c1-4-19-22(26)25(14(2)23(27)28-3)18-12-16(10-11-20(18)29-19)17-13-30-21(24-17)15-8-6-5-7-9-15/h5-14,19H,4H2,1-3H3. The quantitative estimate of drug-likeness (QED) is 0.565. The molecule has 4 rings (SSSR count). The van der Waals surface area contributed by atoms with Gasteiger partial charge in [-0.25, -0.2) is 9.78 Å². The normalized spacial score (nSPS) is 16.6. The Hall–Kier alpha value is -3.19. The summed E-state index contributed by atoms with van der Waals surface area (Å²) in [6, 6.07) is 14.8. The van der Waals surface area contributed by atoms with Crippen molar-refractivity contribution in [2.45, 2.75) is 32.4 Å². The van der Waals surface area contributed by atoms with Crippen LogP contribution in [0.5, 0.6) is 5.75 Å². The molecule has 1 aliphatic rings. The van der Waals surface area contributed by atoms with Gasteiger partial charge in [0.25, 0.3) is 5.91 Å². The van der Waals surface area contributed by atoms with E-state index in [4.69, 9.17) is 14.5 Å². The maximum Gasteiger partial charge on any atom is 0.328 e. The Morgan fingerprint density at radius 2 is 2.00 bits per heavy atom. The molecule has 0 radical (unpaired) electrons. The van der Waals surface area contributed by atoms with Crippen molar-refractivity contribution in [2.24, 2.45) is 0 Å². The van der Waals surface area contributed by atoms with Crippen molar-refractivity contribution in [3.8, 4) is 27.6 Å². The van der Waals surface area contributed by atoms with E-state index in [-0.39, 0.29) is 5.91 Å². The Labute approximate surface area is 179 Å². The summed E-state index contributed by atoms with van der Waals surface area (Å²) in [5.41, 5.74) is 3.25. The zero-order chi connectivity index (χ0) is 21.3. The highest BCUT2D eigenvalue weighted by Crippen LogP contribution is 2.40. The lowest BCUT2D eigenvalue weighted by molar-refractivity contribution is -0.144. The first-order valence-electron chi connectivity index (χ1n) is 9.76. The van der Waals surface area contributed by atoms with Crippen LogP contribution in [0.2, 0.25) is 0 Å². The molecule has 0 bridgehead atoms. The van der Waals surface area contributed by atoms with Gasteiger partial charge < -0.3 is 9.47 Å². The number of amides is 1. The molecule has 0 saturated carbocycles. The molecule has 2 heterocycles. The van der Waals surface area contributed by atoms with E-state index in [1.807, 2.05) is 60.8 Å². The third-order valence-electron chi connectivity index (χ3n) is 5.12. The third kappa shape index (κ3) is 3.57. The number of aromatic nitrogens is 1. The molecule has 6 nitrogen and oxygen atoms in total. The number of carbonyl (C=O) groups is 2. The van der Waals surface area contributed by atoms with Crippen molar-refractivity contribution in [2.75, 3.05) is 12.0 Å². The Morgan fingerprint density at radius 3 is 2.70 bits per heavy atom. The smallest absolute Gasteiger partial charge is 0.328 e. The molecule has 30 heavy (non-hydrogen) atoms. The van der Waals surface area contributed by atoms with Gasteiger partial charge in [0.05, 0.1) is 18.5 Å². The number of thiazole rings is 1. The SMILES string of the molecule is CCC1Oc2ccc(-c3csc(-c4ccccc4)n3)cc2N(C(C)C(=O)OC)C1=O. The van der Waals surface area contributed by atoms with E-state index in [1.165, 1.54) is 12.0 Å². The highest BCUT2D eigenvalue weighted by Gasteiger charge is 2.39. The zero-order valence-corrected chi connectivity index (χ0v) is 17.8. The lowest BCUT2D eigenvalue weighted by Gasteiger charge is -2.36. The fourth-order valence-corrected chi connectivity index (χ4v) is 4.33. The minimum Gasteiger partial charge on any atom is -0.478 e. The average molecular weight is 423 g/mol. The fraction of sp³-hybridized carbons (Fsp3) is 0.261. The number of ether oxygens (including phenoxy) is 2. The monoisotopic (exact) mass is 422 g/mol. The molecule has 2 aromatic carbocycles. The summed E-state index contributed by atoms with van der Waals surface area (Å²) in [5, 5.41) is 2.90. The van der Waals surface area contributed by atoms with Crippen LogP contribution in [0.15, 0.2) is 53.9 Å². The van der Waals surface area contributed by atoms with E-state index in [1.54, 1.807) is 18.3 Å². The Bertz CT molecular complexity index is 1080. The molecule has 1 aromatic heterocycles. The molecule has 154 valence electrons. The number of benzene rings is 2. The lowest BCUT2D eigenvalue weighted by Crippen LogP contribution is -2.52. The highest BCUT2D eigenvalue weighted by molar-refractivity contribution is 7.13. The summed E-state index contributed by atoms with van der Waals surface area (Å²) in [7, 11) is 1.32. The molecule has 0 fully saturated rings. The van der Waals surface area contributed by atoms with Crippen molar-refractivity contribution in [1.29, 1.82) is 0 Å². The molecule has 7 heteroatoms. The fourth-order valence-electron chi connectivity index (χ4n) is 3.50. The number of methoxy groups -OCH3 is 1. The van der Waals surface area contributed by atoms with Gasteiger partial charge in [0.2, 0.25) is 0 Å². The first kappa shape index (κ1) is 20.1. The summed E-state index contributed by atoms with van der Waals surface area (Å²) in [5.74, 6) is -0.153. The van der Waals surface area contributed by atoms with Crippen molar-refractivity contribution in [3.05, 3.63) is 53.9 Å². The van der Waals surface area contributed by atoms with Crippen LogP contribution >= 0.6 is 11.3 Å². The number of hydrogen-bond donors (Lipinski definition) is 0. The molecular weight excluding hydrogens is 400 g/mol. The number of hydrogen-bond acceptors (Lipinski definition) is 6. The number of esters is 1.